The fourth-order valence-corrected chi connectivity index (χ4v) is 2.81. The van der Waals surface area contributed by atoms with Crippen LogP contribution in [0.15, 0.2) is 0 Å². The van der Waals surface area contributed by atoms with Crippen LogP contribution in [-0.2, 0) is 0 Å². The zero-order valence-electron chi connectivity index (χ0n) is 14.3. The lowest BCUT2D eigenvalue weighted by atomic mass is 9.75. The summed E-state index contributed by atoms with van der Waals surface area (Å²) in [6.45, 7) is 19.2. The maximum absolute atomic E-state index is 2.49. The summed E-state index contributed by atoms with van der Waals surface area (Å²) < 4.78 is 0. The van der Waals surface area contributed by atoms with E-state index in [1.54, 1.807) is 0 Å². The molecule has 0 aliphatic carbocycles. The molecule has 0 bridgehead atoms. The van der Waals surface area contributed by atoms with Crippen molar-refractivity contribution in [2.75, 3.05) is 0 Å². The van der Waals surface area contributed by atoms with Gasteiger partial charge in [-0.3, -0.25) is 0 Å². The molecule has 0 saturated carbocycles. The summed E-state index contributed by atoms with van der Waals surface area (Å²) in [6.07, 6.45) is 5.60. The summed E-state index contributed by atoms with van der Waals surface area (Å²) in [4.78, 5) is 0. The third-order valence-electron chi connectivity index (χ3n) is 5.16. The highest BCUT2D eigenvalue weighted by atomic mass is 14.3. The van der Waals surface area contributed by atoms with E-state index in [0.29, 0.717) is 0 Å². The molecule has 110 valence electrons. The number of hydrogen-bond donors (Lipinski definition) is 0. The van der Waals surface area contributed by atoms with Crippen LogP contribution in [0.1, 0.15) is 81.1 Å². The van der Waals surface area contributed by atoms with Crippen LogP contribution in [-0.4, -0.2) is 0 Å². The molecule has 0 rings (SSSR count). The van der Waals surface area contributed by atoms with Gasteiger partial charge in [-0.15, -0.1) is 0 Å². The van der Waals surface area contributed by atoms with Crippen LogP contribution >= 0.6 is 0 Å². The fraction of sp³-hybridized carbons (Fsp3) is 1.00. The second kappa shape index (κ2) is 8.99. The molecule has 0 heterocycles. The zero-order valence-corrected chi connectivity index (χ0v) is 14.3. The van der Waals surface area contributed by atoms with E-state index in [1.165, 1.54) is 25.7 Å². The maximum Gasteiger partial charge on any atom is -0.0386 e. The van der Waals surface area contributed by atoms with Gasteiger partial charge in [0.1, 0.15) is 0 Å². The lowest BCUT2D eigenvalue weighted by Gasteiger charge is -2.30. The molecule has 0 aliphatic heterocycles. The van der Waals surface area contributed by atoms with Crippen molar-refractivity contribution < 1.29 is 0 Å². The molecule has 4 atom stereocenters. The molecule has 4 unspecified atom stereocenters. The van der Waals surface area contributed by atoms with Gasteiger partial charge in [0.25, 0.3) is 0 Å². The van der Waals surface area contributed by atoms with Gasteiger partial charge in [-0.05, 0) is 48.3 Å². The molecule has 0 aromatic carbocycles. The highest BCUT2D eigenvalue weighted by Gasteiger charge is 2.23. The molecule has 18 heavy (non-hydrogen) atoms. The minimum atomic E-state index is 0.831. The summed E-state index contributed by atoms with van der Waals surface area (Å²) in [5, 5.41) is 0. The minimum Gasteiger partial charge on any atom is -0.0654 e. The average molecular weight is 255 g/mol. The first-order valence-electron chi connectivity index (χ1n) is 8.29. The van der Waals surface area contributed by atoms with E-state index in [-0.39, 0.29) is 0 Å². The molecule has 0 heteroatoms. The predicted molar refractivity (Wildman–Crippen MR) is 84.8 cm³/mol. The van der Waals surface area contributed by atoms with E-state index >= 15 is 0 Å². The van der Waals surface area contributed by atoms with Gasteiger partial charge in [0, 0.05) is 0 Å². The Bertz CT molecular complexity index is 192. The normalized spacial score (nSPS) is 19.0. The topological polar surface area (TPSA) is 0 Å². The lowest BCUT2D eigenvalue weighted by Crippen LogP contribution is -2.21. The molecule has 0 aromatic heterocycles. The summed E-state index contributed by atoms with van der Waals surface area (Å²) in [6, 6.07) is 0. The van der Waals surface area contributed by atoms with Crippen molar-refractivity contribution in [1.82, 2.24) is 0 Å². The monoisotopic (exact) mass is 254 g/mol. The first-order chi connectivity index (χ1) is 8.29. The van der Waals surface area contributed by atoms with Gasteiger partial charge < -0.3 is 0 Å². The second-order valence-corrected chi connectivity index (χ2v) is 7.44. The fourth-order valence-electron chi connectivity index (χ4n) is 2.81. The quantitative estimate of drug-likeness (QED) is 0.446. The third kappa shape index (κ3) is 6.81. The second-order valence-electron chi connectivity index (χ2n) is 7.44. The molecule has 0 fully saturated rings. The highest BCUT2D eigenvalue weighted by Crippen LogP contribution is 2.33. The maximum atomic E-state index is 2.49. The Hall–Kier alpha value is 0. The van der Waals surface area contributed by atoms with Crippen LogP contribution in [0.3, 0.4) is 0 Å². The summed E-state index contributed by atoms with van der Waals surface area (Å²) in [7, 11) is 0. The van der Waals surface area contributed by atoms with Gasteiger partial charge in [-0.25, -0.2) is 0 Å². The SMILES string of the molecule is CCCC(CC(C)C(C)C)C(C)CC(C)C(C)C. The van der Waals surface area contributed by atoms with Crippen LogP contribution in [0.5, 0.6) is 0 Å². The molecular formula is C18H38. The van der Waals surface area contributed by atoms with Crippen molar-refractivity contribution in [3.63, 3.8) is 0 Å². The van der Waals surface area contributed by atoms with Gasteiger partial charge in [0.05, 0.1) is 0 Å². The standard InChI is InChI=1S/C18H38/c1-9-10-18(12-16(7)14(4)5)17(8)11-15(6)13(2)3/h13-18H,9-12H2,1-8H3. The van der Waals surface area contributed by atoms with Gasteiger partial charge in [-0.1, -0.05) is 68.2 Å². The van der Waals surface area contributed by atoms with E-state index in [2.05, 4.69) is 55.4 Å². The highest BCUT2D eigenvalue weighted by molar-refractivity contribution is 4.73. The molecule has 0 amide bonds. The van der Waals surface area contributed by atoms with Crippen LogP contribution in [0.25, 0.3) is 0 Å². The molecular weight excluding hydrogens is 216 g/mol. The van der Waals surface area contributed by atoms with Gasteiger partial charge in [-0.2, -0.15) is 0 Å². The van der Waals surface area contributed by atoms with Gasteiger partial charge in [0.2, 0.25) is 0 Å². The Kier molecular flexibility index (Phi) is 8.99. The lowest BCUT2D eigenvalue weighted by molar-refractivity contribution is 0.201. The molecule has 0 aromatic rings. The smallest absolute Gasteiger partial charge is 0.0386 e. The zero-order chi connectivity index (χ0) is 14.3. The predicted octanol–water partition coefficient (Wildman–Crippen LogP) is 6.40. The Labute approximate surface area is 117 Å². The Balaban J connectivity index is 4.39. The average Bonchev–Trinajstić information content (AvgIpc) is 2.27. The summed E-state index contributed by atoms with van der Waals surface area (Å²) in [5.74, 6) is 5.24. The van der Waals surface area contributed by atoms with Crippen molar-refractivity contribution in [3.05, 3.63) is 0 Å². The van der Waals surface area contributed by atoms with Crippen molar-refractivity contribution in [2.24, 2.45) is 35.5 Å². The van der Waals surface area contributed by atoms with Crippen molar-refractivity contribution in [2.45, 2.75) is 81.1 Å². The molecule has 0 N–H and O–H groups in total. The summed E-state index contributed by atoms with van der Waals surface area (Å²) in [5.41, 5.74) is 0. The Morgan fingerprint density at radius 2 is 1.06 bits per heavy atom. The molecule has 0 nitrogen and oxygen atoms in total. The largest absolute Gasteiger partial charge is 0.0654 e. The Morgan fingerprint density at radius 3 is 1.44 bits per heavy atom. The van der Waals surface area contributed by atoms with E-state index in [9.17, 15) is 0 Å². The number of hydrogen-bond acceptors (Lipinski definition) is 0. The first-order valence-corrected chi connectivity index (χ1v) is 8.29. The summed E-state index contributed by atoms with van der Waals surface area (Å²) >= 11 is 0. The van der Waals surface area contributed by atoms with Crippen LogP contribution in [0.4, 0.5) is 0 Å². The minimum absolute atomic E-state index is 0.831. The van der Waals surface area contributed by atoms with E-state index in [4.69, 9.17) is 0 Å². The van der Waals surface area contributed by atoms with Crippen molar-refractivity contribution in [1.29, 1.82) is 0 Å². The molecule has 0 radical (unpaired) electrons. The van der Waals surface area contributed by atoms with Crippen molar-refractivity contribution in [3.8, 4) is 0 Å². The molecule has 0 aliphatic rings. The molecule has 0 saturated heterocycles. The van der Waals surface area contributed by atoms with E-state index in [1.807, 2.05) is 0 Å². The third-order valence-corrected chi connectivity index (χ3v) is 5.16. The van der Waals surface area contributed by atoms with Crippen LogP contribution in [0, 0.1) is 35.5 Å². The van der Waals surface area contributed by atoms with E-state index < -0.39 is 0 Å². The molecule has 0 spiro atoms. The first kappa shape index (κ1) is 18.0. The van der Waals surface area contributed by atoms with Gasteiger partial charge in [0.15, 0.2) is 0 Å². The van der Waals surface area contributed by atoms with Gasteiger partial charge >= 0.3 is 0 Å². The van der Waals surface area contributed by atoms with Crippen LogP contribution in [0.2, 0.25) is 0 Å². The van der Waals surface area contributed by atoms with Crippen LogP contribution < -0.4 is 0 Å². The Morgan fingerprint density at radius 1 is 0.611 bits per heavy atom. The van der Waals surface area contributed by atoms with E-state index in [0.717, 1.165) is 35.5 Å². The van der Waals surface area contributed by atoms with Crippen molar-refractivity contribution >= 4 is 0 Å². The number of rotatable bonds is 9.